The number of halogens is 1. The summed E-state index contributed by atoms with van der Waals surface area (Å²) in [6.45, 7) is 5.77. The predicted octanol–water partition coefficient (Wildman–Crippen LogP) is 3.60. The molecular weight excluding hydrogens is 441 g/mol. The summed E-state index contributed by atoms with van der Waals surface area (Å²) in [5, 5.41) is 8.26. The number of aromatic nitrogens is 1. The maximum absolute atomic E-state index is 13.2. The number of likely N-dealkylation sites (tertiary alicyclic amines) is 2. The van der Waals surface area contributed by atoms with Gasteiger partial charge in [0.2, 0.25) is 5.91 Å². The van der Waals surface area contributed by atoms with Crippen LogP contribution in [0.5, 0.6) is 0 Å². The molecule has 2 aromatic rings. The number of hydrogen-bond acceptors (Lipinski definition) is 5. The van der Waals surface area contributed by atoms with Gasteiger partial charge in [-0.3, -0.25) is 10.1 Å². The van der Waals surface area contributed by atoms with E-state index in [1.807, 2.05) is 22.4 Å². The Morgan fingerprint density at radius 3 is 2.73 bits per heavy atom. The van der Waals surface area contributed by atoms with Gasteiger partial charge in [-0.05, 0) is 61.8 Å². The second-order valence-electron chi connectivity index (χ2n) is 9.15. The van der Waals surface area contributed by atoms with Gasteiger partial charge in [0.05, 0.1) is 6.04 Å². The Balaban J connectivity index is 1.35. The smallest absolute Gasteiger partial charge is 0.321 e. The minimum Gasteiger partial charge on any atom is -0.341 e. The van der Waals surface area contributed by atoms with Crippen LogP contribution in [-0.2, 0) is 11.2 Å². The lowest BCUT2D eigenvalue weighted by Crippen LogP contribution is -2.57. The zero-order chi connectivity index (χ0) is 23.2. The predicted molar refractivity (Wildman–Crippen MR) is 128 cm³/mol. The van der Waals surface area contributed by atoms with Gasteiger partial charge in [0.1, 0.15) is 5.82 Å². The van der Waals surface area contributed by atoms with Crippen molar-refractivity contribution in [2.24, 2.45) is 11.8 Å². The van der Waals surface area contributed by atoms with E-state index >= 15 is 0 Å². The lowest BCUT2D eigenvalue weighted by Gasteiger charge is -2.42. The standard InChI is InChI=1S/C24H32FN5O2S/c1-17(31)30-11-8-20(22(16-30)27-23(32)28-24-26-9-12-33-24)15-29-10-2-3-19(14-29)13-18-4-6-21(25)7-5-18/h4-7,9,12,19-20,22H,2-3,8,10-11,13-16H2,1H3,(H2,26,27,28,32)/t19-,20-,22-/m0/s1. The van der Waals surface area contributed by atoms with Gasteiger partial charge in [-0.2, -0.15) is 0 Å². The molecule has 178 valence electrons. The summed E-state index contributed by atoms with van der Waals surface area (Å²) < 4.78 is 13.2. The number of nitrogens with one attached hydrogen (secondary N) is 2. The summed E-state index contributed by atoms with van der Waals surface area (Å²) in [5.41, 5.74) is 1.18. The number of carbonyl (C=O) groups is 2. The second-order valence-corrected chi connectivity index (χ2v) is 10.0. The minimum atomic E-state index is -0.279. The average molecular weight is 474 g/mol. The molecule has 7 nitrogen and oxygen atoms in total. The first-order valence-electron chi connectivity index (χ1n) is 11.7. The molecule has 2 saturated heterocycles. The van der Waals surface area contributed by atoms with Crippen LogP contribution < -0.4 is 10.6 Å². The molecule has 4 rings (SSSR count). The molecule has 3 atom stereocenters. The molecule has 1 aromatic heterocycles. The Labute approximate surface area is 198 Å². The summed E-state index contributed by atoms with van der Waals surface area (Å²) in [5.74, 6) is 0.657. The zero-order valence-corrected chi connectivity index (χ0v) is 19.8. The molecular formula is C24H32FN5O2S. The van der Waals surface area contributed by atoms with Crippen LogP contribution in [0.25, 0.3) is 0 Å². The van der Waals surface area contributed by atoms with E-state index in [1.165, 1.54) is 35.5 Å². The van der Waals surface area contributed by atoms with Crippen molar-refractivity contribution in [3.8, 4) is 0 Å². The fourth-order valence-corrected chi connectivity index (χ4v) is 5.55. The molecule has 0 bridgehead atoms. The Morgan fingerprint density at radius 2 is 2.00 bits per heavy atom. The molecule has 9 heteroatoms. The number of piperidine rings is 2. The van der Waals surface area contributed by atoms with Gasteiger partial charge in [-0.15, -0.1) is 11.3 Å². The Bertz CT molecular complexity index is 923. The van der Waals surface area contributed by atoms with Crippen LogP contribution >= 0.6 is 11.3 Å². The highest BCUT2D eigenvalue weighted by molar-refractivity contribution is 7.13. The number of nitrogens with zero attached hydrogens (tertiary/aromatic N) is 3. The summed E-state index contributed by atoms with van der Waals surface area (Å²) in [4.78, 5) is 33.0. The van der Waals surface area contributed by atoms with E-state index in [-0.39, 0.29) is 29.7 Å². The highest BCUT2D eigenvalue weighted by atomic mass is 32.1. The van der Waals surface area contributed by atoms with Gasteiger partial charge >= 0.3 is 6.03 Å². The Kier molecular flexibility index (Phi) is 7.93. The molecule has 0 saturated carbocycles. The molecule has 2 N–H and O–H groups in total. The number of rotatable bonds is 6. The number of anilines is 1. The van der Waals surface area contributed by atoms with Crippen molar-refractivity contribution in [3.05, 3.63) is 47.2 Å². The van der Waals surface area contributed by atoms with Gasteiger partial charge < -0.3 is 15.1 Å². The largest absolute Gasteiger partial charge is 0.341 e. The molecule has 33 heavy (non-hydrogen) atoms. The first-order chi connectivity index (χ1) is 16.0. The first kappa shape index (κ1) is 23.6. The molecule has 2 aliphatic rings. The quantitative estimate of drug-likeness (QED) is 0.672. The van der Waals surface area contributed by atoms with Crippen LogP contribution in [0.2, 0.25) is 0 Å². The molecule has 0 radical (unpaired) electrons. The van der Waals surface area contributed by atoms with Gasteiger partial charge in [-0.1, -0.05) is 12.1 Å². The van der Waals surface area contributed by atoms with Crippen molar-refractivity contribution in [1.29, 1.82) is 0 Å². The summed E-state index contributed by atoms with van der Waals surface area (Å²) >= 11 is 1.37. The fraction of sp³-hybridized carbons (Fsp3) is 0.542. The lowest BCUT2D eigenvalue weighted by atomic mass is 9.87. The number of urea groups is 1. The van der Waals surface area contributed by atoms with Crippen molar-refractivity contribution < 1.29 is 14.0 Å². The third-order valence-electron chi connectivity index (χ3n) is 6.70. The Hall–Kier alpha value is -2.52. The summed E-state index contributed by atoms with van der Waals surface area (Å²) in [6.07, 6.45) is 5.79. The first-order valence-corrected chi connectivity index (χ1v) is 12.5. The van der Waals surface area contributed by atoms with Crippen molar-refractivity contribution in [2.75, 3.05) is 38.0 Å². The maximum atomic E-state index is 13.2. The topological polar surface area (TPSA) is 77.6 Å². The van der Waals surface area contributed by atoms with Gasteiger partial charge in [0, 0.05) is 44.7 Å². The lowest BCUT2D eigenvalue weighted by molar-refractivity contribution is -0.130. The molecule has 0 unspecified atom stereocenters. The molecule has 0 aliphatic carbocycles. The van der Waals surface area contributed by atoms with Gasteiger partial charge in [0.15, 0.2) is 5.13 Å². The molecule has 2 fully saturated rings. The highest BCUT2D eigenvalue weighted by Crippen LogP contribution is 2.25. The number of carbonyl (C=O) groups excluding carboxylic acids is 2. The van der Waals surface area contributed by atoms with Crippen molar-refractivity contribution >= 4 is 28.4 Å². The van der Waals surface area contributed by atoms with E-state index in [9.17, 15) is 14.0 Å². The normalized spacial score (nSPS) is 23.8. The van der Waals surface area contributed by atoms with Gasteiger partial charge in [-0.25, -0.2) is 14.2 Å². The number of amides is 3. The van der Waals surface area contributed by atoms with E-state index in [0.717, 1.165) is 45.4 Å². The van der Waals surface area contributed by atoms with Crippen LogP contribution in [0, 0.1) is 17.7 Å². The van der Waals surface area contributed by atoms with E-state index in [2.05, 4.69) is 20.5 Å². The van der Waals surface area contributed by atoms with Crippen LogP contribution in [0.4, 0.5) is 14.3 Å². The van der Waals surface area contributed by atoms with Crippen LogP contribution in [0.15, 0.2) is 35.8 Å². The second kappa shape index (κ2) is 11.1. The molecule has 2 aliphatic heterocycles. The van der Waals surface area contributed by atoms with E-state index in [1.54, 1.807) is 13.1 Å². The van der Waals surface area contributed by atoms with Crippen LogP contribution in [0.1, 0.15) is 31.7 Å². The number of thiazole rings is 1. The van der Waals surface area contributed by atoms with Crippen molar-refractivity contribution in [2.45, 2.75) is 38.6 Å². The zero-order valence-electron chi connectivity index (χ0n) is 19.0. The van der Waals surface area contributed by atoms with Gasteiger partial charge in [0.25, 0.3) is 0 Å². The summed E-state index contributed by atoms with van der Waals surface area (Å²) in [7, 11) is 0. The molecule has 3 amide bonds. The van der Waals surface area contributed by atoms with Crippen LogP contribution in [0.3, 0.4) is 0 Å². The Morgan fingerprint density at radius 1 is 1.18 bits per heavy atom. The summed E-state index contributed by atoms with van der Waals surface area (Å²) in [6, 6.07) is 6.44. The average Bonchev–Trinajstić information content (AvgIpc) is 3.29. The SMILES string of the molecule is CC(=O)N1CC[C@@H](CN2CCC[C@@H](Cc3ccc(F)cc3)C2)[C@@H](NC(=O)Nc2nccs2)C1. The third-order valence-corrected chi connectivity index (χ3v) is 7.39. The third kappa shape index (κ3) is 6.74. The molecule has 3 heterocycles. The number of hydrogen-bond donors (Lipinski definition) is 2. The van der Waals surface area contributed by atoms with E-state index in [4.69, 9.17) is 0 Å². The molecule has 0 spiro atoms. The maximum Gasteiger partial charge on any atom is 0.321 e. The van der Waals surface area contributed by atoms with E-state index < -0.39 is 0 Å². The monoisotopic (exact) mass is 473 g/mol. The van der Waals surface area contributed by atoms with Crippen molar-refractivity contribution in [3.63, 3.8) is 0 Å². The molecule has 1 aromatic carbocycles. The number of benzene rings is 1. The van der Waals surface area contributed by atoms with Crippen molar-refractivity contribution in [1.82, 2.24) is 20.1 Å². The fourth-order valence-electron chi connectivity index (χ4n) is 5.02. The van der Waals surface area contributed by atoms with Crippen LogP contribution in [-0.4, -0.2) is 65.5 Å². The van der Waals surface area contributed by atoms with E-state index in [0.29, 0.717) is 17.6 Å². The highest BCUT2D eigenvalue weighted by Gasteiger charge is 2.34. The minimum absolute atomic E-state index is 0.0397.